The van der Waals surface area contributed by atoms with Gasteiger partial charge >= 0.3 is 0 Å². The van der Waals surface area contributed by atoms with Crippen molar-refractivity contribution in [1.82, 2.24) is 24.5 Å². The maximum Gasteiger partial charge on any atom is 0.150 e. The van der Waals surface area contributed by atoms with E-state index >= 15 is 0 Å². The zero-order valence-corrected chi connectivity index (χ0v) is 18.4. The SMILES string of the molecule is [B]c1cnn2c(NCc3cccnc3)cc(C3CCCN(Cc4ccccc4C#N)C3)nc12. The summed E-state index contributed by atoms with van der Waals surface area (Å²) in [5.41, 5.74) is 5.16. The van der Waals surface area contributed by atoms with Crippen molar-refractivity contribution in [1.29, 1.82) is 5.26 Å². The minimum atomic E-state index is 0.284. The molecule has 1 fully saturated rings. The third-order valence-corrected chi connectivity index (χ3v) is 6.17. The van der Waals surface area contributed by atoms with Crippen LogP contribution in [0.25, 0.3) is 5.65 Å². The van der Waals surface area contributed by atoms with Crippen LogP contribution in [-0.4, -0.2) is 45.4 Å². The number of pyridine rings is 1. The fourth-order valence-corrected chi connectivity index (χ4v) is 4.48. The molecule has 8 heteroatoms. The van der Waals surface area contributed by atoms with Crippen LogP contribution in [-0.2, 0) is 13.1 Å². The van der Waals surface area contributed by atoms with Crippen molar-refractivity contribution in [2.75, 3.05) is 18.4 Å². The molecule has 4 aromatic rings. The number of likely N-dealkylation sites (tertiary alicyclic amines) is 1. The van der Waals surface area contributed by atoms with Crippen LogP contribution in [0.5, 0.6) is 0 Å². The van der Waals surface area contributed by atoms with Gasteiger partial charge in [-0.05, 0) is 48.1 Å². The van der Waals surface area contributed by atoms with E-state index in [1.807, 2.05) is 42.6 Å². The molecule has 1 saturated heterocycles. The summed E-state index contributed by atoms with van der Waals surface area (Å²) in [7, 11) is 6.19. The minimum absolute atomic E-state index is 0.284. The first-order valence-corrected chi connectivity index (χ1v) is 11.2. The molecular formula is C25H24BN7. The van der Waals surface area contributed by atoms with Crippen molar-refractivity contribution in [3.8, 4) is 6.07 Å². The van der Waals surface area contributed by atoms with E-state index in [0.29, 0.717) is 17.7 Å². The molecule has 0 aliphatic carbocycles. The molecular weight excluding hydrogens is 409 g/mol. The van der Waals surface area contributed by atoms with E-state index in [0.717, 1.165) is 60.7 Å². The third kappa shape index (κ3) is 4.59. The number of rotatable bonds is 6. The van der Waals surface area contributed by atoms with Crippen molar-refractivity contribution in [3.63, 3.8) is 0 Å². The first kappa shape index (κ1) is 21.2. The highest BCUT2D eigenvalue weighted by atomic mass is 15.3. The van der Waals surface area contributed by atoms with Crippen molar-refractivity contribution in [3.05, 3.63) is 83.4 Å². The molecule has 0 bridgehead atoms. The van der Waals surface area contributed by atoms with Gasteiger partial charge in [0.1, 0.15) is 13.7 Å². The van der Waals surface area contributed by atoms with Gasteiger partial charge in [-0.1, -0.05) is 24.3 Å². The van der Waals surface area contributed by atoms with E-state index in [2.05, 4.69) is 32.4 Å². The molecule has 4 heterocycles. The smallest absolute Gasteiger partial charge is 0.150 e. The number of nitrogens with one attached hydrogen (secondary N) is 1. The topological polar surface area (TPSA) is 82.1 Å². The summed E-state index contributed by atoms with van der Waals surface area (Å²) in [6.45, 7) is 3.30. The molecule has 1 aromatic carbocycles. The minimum Gasteiger partial charge on any atom is -0.366 e. The van der Waals surface area contributed by atoms with E-state index in [1.165, 1.54) is 0 Å². The van der Waals surface area contributed by atoms with Crippen LogP contribution in [0.2, 0.25) is 0 Å². The van der Waals surface area contributed by atoms with Crippen LogP contribution < -0.4 is 10.8 Å². The molecule has 5 rings (SSSR count). The monoisotopic (exact) mass is 433 g/mol. The van der Waals surface area contributed by atoms with Crippen LogP contribution in [0.15, 0.2) is 61.1 Å². The number of fused-ring (bicyclic) bond motifs is 1. The maximum absolute atomic E-state index is 9.44. The molecule has 1 N–H and O–H groups in total. The lowest BCUT2D eigenvalue weighted by Crippen LogP contribution is -2.34. The van der Waals surface area contributed by atoms with Gasteiger partial charge in [0, 0.05) is 50.2 Å². The molecule has 1 aliphatic rings. The Kier molecular flexibility index (Phi) is 6.05. The van der Waals surface area contributed by atoms with Gasteiger partial charge < -0.3 is 5.32 Å². The Balaban J connectivity index is 1.39. The van der Waals surface area contributed by atoms with E-state index < -0.39 is 0 Å². The second-order valence-electron chi connectivity index (χ2n) is 8.46. The summed E-state index contributed by atoms with van der Waals surface area (Å²) < 4.78 is 1.76. The van der Waals surface area contributed by atoms with Gasteiger partial charge in [0.25, 0.3) is 0 Å². The summed E-state index contributed by atoms with van der Waals surface area (Å²) in [6.07, 6.45) is 7.41. The summed E-state index contributed by atoms with van der Waals surface area (Å²) >= 11 is 0. The van der Waals surface area contributed by atoms with Crippen LogP contribution in [0.4, 0.5) is 5.82 Å². The summed E-state index contributed by atoms with van der Waals surface area (Å²) in [5, 5.41) is 17.3. The number of benzene rings is 1. The Hall–Kier alpha value is -3.70. The van der Waals surface area contributed by atoms with Crippen molar-refractivity contribution >= 4 is 24.8 Å². The molecule has 7 nitrogen and oxygen atoms in total. The van der Waals surface area contributed by atoms with E-state index in [4.69, 9.17) is 12.8 Å². The highest BCUT2D eigenvalue weighted by molar-refractivity contribution is 6.36. The van der Waals surface area contributed by atoms with Gasteiger partial charge in [-0.3, -0.25) is 9.88 Å². The zero-order valence-electron chi connectivity index (χ0n) is 18.4. The van der Waals surface area contributed by atoms with E-state index in [9.17, 15) is 5.26 Å². The summed E-state index contributed by atoms with van der Waals surface area (Å²) in [5.74, 6) is 1.15. The zero-order chi connectivity index (χ0) is 22.6. The number of anilines is 1. The number of piperidine rings is 1. The maximum atomic E-state index is 9.44. The van der Waals surface area contributed by atoms with Crippen LogP contribution in [0.1, 0.15) is 41.1 Å². The molecule has 0 saturated carbocycles. The Morgan fingerprint density at radius 1 is 1.18 bits per heavy atom. The second-order valence-corrected chi connectivity index (χ2v) is 8.46. The highest BCUT2D eigenvalue weighted by Gasteiger charge is 2.24. The van der Waals surface area contributed by atoms with E-state index in [-0.39, 0.29) is 5.92 Å². The fourth-order valence-electron chi connectivity index (χ4n) is 4.48. The van der Waals surface area contributed by atoms with Gasteiger partial charge in [-0.2, -0.15) is 14.9 Å². The van der Waals surface area contributed by atoms with Crippen molar-refractivity contribution < 1.29 is 0 Å². The van der Waals surface area contributed by atoms with Gasteiger partial charge in [-0.15, -0.1) is 0 Å². The lowest BCUT2D eigenvalue weighted by atomic mass is 9.93. The third-order valence-electron chi connectivity index (χ3n) is 6.17. The van der Waals surface area contributed by atoms with Crippen molar-refractivity contribution in [2.24, 2.45) is 0 Å². The fraction of sp³-hybridized carbons (Fsp3) is 0.280. The Labute approximate surface area is 194 Å². The normalized spacial score (nSPS) is 16.5. The number of nitrogens with zero attached hydrogens (tertiary/aromatic N) is 6. The second kappa shape index (κ2) is 9.43. The number of hydrogen-bond donors (Lipinski definition) is 1. The van der Waals surface area contributed by atoms with Gasteiger partial charge in [0.2, 0.25) is 0 Å². The molecule has 162 valence electrons. The predicted octanol–water partition coefficient (Wildman–Crippen LogP) is 2.78. The first-order chi connectivity index (χ1) is 16.2. The average molecular weight is 433 g/mol. The van der Waals surface area contributed by atoms with E-state index in [1.54, 1.807) is 16.9 Å². The van der Waals surface area contributed by atoms with Crippen LogP contribution >= 0.6 is 0 Å². The Morgan fingerprint density at radius 2 is 2.09 bits per heavy atom. The molecule has 1 unspecified atom stereocenters. The van der Waals surface area contributed by atoms with Gasteiger partial charge in [-0.25, -0.2) is 4.98 Å². The molecule has 0 spiro atoms. The largest absolute Gasteiger partial charge is 0.366 e. The summed E-state index contributed by atoms with van der Waals surface area (Å²) in [6, 6.07) is 16.2. The molecule has 1 aliphatic heterocycles. The first-order valence-electron chi connectivity index (χ1n) is 11.2. The Bertz CT molecular complexity index is 1300. The quantitative estimate of drug-likeness (QED) is 0.471. The predicted molar refractivity (Wildman–Crippen MR) is 128 cm³/mol. The molecule has 0 amide bonds. The Morgan fingerprint density at radius 3 is 2.94 bits per heavy atom. The molecule has 3 aromatic heterocycles. The molecule has 33 heavy (non-hydrogen) atoms. The molecule has 1 atom stereocenters. The standard InChI is InChI=1S/C25H24BN7/c26-22-15-30-33-24(29-14-18-5-3-9-28-13-18)11-23(31-25(22)33)21-8-4-10-32(17-21)16-20-7-2-1-6-19(20)12-27/h1-3,5-7,9,11,13,15,21,29H,4,8,10,14,16-17H2. The number of hydrogen-bond acceptors (Lipinski definition) is 6. The van der Waals surface area contributed by atoms with Crippen LogP contribution in [0.3, 0.4) is 0 Å². The highest BCUT2D eigenvalue weighted by Crippen LogP contribution is 2.29. The number of nitriles is 1. The van der Waals surface area contributed by atoms with Crippen LogP contribution in [0, 0.1) is 11.3 Å². The lowest BCUT2D eigenvalue weighted by molar-refractivity contribution is 0.198. The summed E-state index contributed by atoms with van der Waals surface area (Å²) in [4.78, 5) is 11.5. The van der Waals surface area contributed by atoms with Gasteiger partial charge in [0.15, 0.2) is 5.65 Å². The average Bonchev–Trinajstić information content (AvgIpc) is 3.24. The van der Waals surface area contributed by atoms with Gasteiger partial charge in [0.05, 0.1) is 17.3 Å². The molecule has 2 radical (unpaired) electrons. The number of aromatic nitrogens is 4. The lowest BCUT2D eigenvalue weighted by Gasteiger charge is -2.33. The van der Waals surface area contributed by atoms with Crippen molar-refractivity contribution in [2.45, 2.75) is 31.8 Å².